The van der Waals surface area contributed by atoms with E-state index < -0.39 is 17.7 Å². The lowest BCUT2D eigenvalue weighted by molar-refractivity contribution is -0.138. The van der Waals surface area contributed by atoms with E-state index in [4.69, 9.17) is 4.74 Å². The Hall–Kier alpha value is -5.30. The molecular weight excluding hydrogens is 694 g/mol. The highest BCUT2D eigenvalue weighted by Gasteiger charge is 2.33. The van der Waals surface area contributed by atoms with Crippen LogP contribution in [-0.2, 0) is 28.0 Å². The van der Waals surface area contributed by atoms with Gasteiger partial charge in [-0.3, -0.25) is 29.4 Å². The summed E-state index contributed by atoms with van der Waals surface area (Å²) in [6.45, 7) is 3.28. The zero-order chi connectivity index (χ0) is 38.1. The Balaban J connectivity index is 0.920. The van der Waals surface area contributed by atoms with Crippen LogP contribution >= 0.6 is 0 Å². The number of carbonyl (C=O) groups is 3. The van der Waals surface area contributed by atoms with Gasteiger partial charge < -0.3 is 24.4 Å². The molecule has 3 aliphatic rings. The topological polar surface area (TPSA) is 116 Å². The van der Waals surface area contributed by atoms with E-state index in [9.17, 15) is 23.6 Å². The molecule has 13 heteroatoms. The van der Waals surface area contributed by atoms with Crippen molar-refractivity contribution in [1.82, 2.24) is 19.7 Å². The third kappa shape index (κ3) is 7.68. The molecule has 3 amide bonds. The molecule has 3 aliphatic heterocycles. The van der Waals surface area contributed by atoms with Crippen LogP contribution in [0.1, 0.15) is 44.1 Å². The normalized spacial score (nSPS) is 18.8. The summed E-state index contributed by atoms with van der Waals surface area (Å²) in [5.74, 6) is -0.957. The van der Waals surface area contributed by atoms with Gasteiger partial charge >= 0.3 is 0 Å². The Kier molecular flexibility index (Phi) is 10.7. The Morgan fingerprint density at radius 2 is 1.65 bits per heavy atom. The number of imide groups is 1. The summed E-state index contributed by atoms with van der Waals surface area (Å²) in [7, 11) is 5.01. The van der Waals surface area contributed by atoms with E-state index in [1.165, 1.54) is 35.9 Å². The average Bonchev–Trinajstić information content (AvgIpc) is 3.18. The number of amides is 3. The Bertz CT molecular complexity index is 2120. The molecule has 284 valence electrons. The van der Waals surface area contributed by atoms with Gasteiger partial charge in [-0.25, -0.2) is 8.78 Å². The van der Waals surface area contributed by atoms with Crippen LogP contribution in [0.25, 0.3) is 21.9 Å². The molecule has 1 aromatic heterocycles. The van der Waals surface area contributed by atoms with Crippen molar-refractivity contribution in [3.63, 3.8) is 0 Å². The number of methoxy groups -OCH3 is 1. The third-order valence-corrected chi connectivity index (χ3v) is 11.3. The number of hydrogen-bond acceptors (Lipinski definition) is 8. The lowest BCUT2D eigenvalue weighted by Gasteiger charge is -2.40. The zero-order valence-electron chi connectivity index (χ0n) is 30.9. The molecular formula is C41H46F2N6O5. The number of piperidine rings is 3. The number of ether oxygens (including phenoxy) is 1. The number of benzene rings is 3. The van der Waals surface area contributed by atoms with Crippen molar-refractivity contribution in [2.45, 2.75) is 57.2 Å². The standard InChI is InChI=1S/C41H46F2N6O5/c1-46-23-33(32-22-27(42)4-9-31(32)41(46)53)26-20-35(43)34(37(21-26)54-3)24-48-16-14-29(15-17-48)47(2)40(52)25-12-18-49(19-13-25)30-7-5-28(6-8-30)44-36-10-11-38(50)45-39(36)51/h4-9,20-23,25,29,36,44H,10-19,24H2,1-3H3,(H,45,50,51). The van der Waals surface area contributed by atoms with E-state index in [-0.39, 0.29) is 35.2 Å². The minimum atomic E-state index is -0.482. The fourth-order valence-corrected chi connectivity index (χ4v) is 8.11. The third-order valence-electron chi connectivity index (χ3n) is 11.3. The molecule has 1 unspecified atom stereocenters. The highest BCUT2D eigenvalue weighted by molar-refractivity contribution is 6.01. The fraction of sp³-hybridized carbons (Fsp3) is 0.415. The van der Waals surface area contributed by atoms with E-state index in [1.807, 2.05) is 36.2 Å². The number of aromatic nitrogens is 1. The van der Waals surface area contributed by atoms with Crippen LogP contribution in [0.4, 0.5) is 20.2 Å². The van der Waals surface area contributed by atoms with E-state index in [0.29, 0.717) is 65.7 Å². The van der Waals surface area contributed by atoms with Gasteiger partial charge in [0.25, 0.3) is 5.56 Å². The van der Waals surface area contributed by atoms with E-state index in [2.05, 4.69) is 20.4 Å². The summed E-state index contributed by atoms with van der Waals surface area (Å²) in [5, 5.41) is 6.34. The number of anilines is 2. The van der Waals surface area contributed by atoms with Crippen LogP contribution in [0.3, 0.4) is 0 Å². The SMILES string of the molecule is COc1cc(-c2cn(C)c(=O)c3ccc(F)cc23)cc(F)c1CN1CCC(N(C)C(=O)C2CCN(c3ccc(NC4CCC(=O)NC4=O)cc3)CC2)CC1. The monoisotopic (exact) mass is 740 g/mol. The first-order chi connectivity index (χ1) is 26.0. The largest absolute Gasteiger partial charge is 0.496 e. The summed E-state index contributed by atoms with van der Waals surface area (Å²) in [4.78, 5) is 56.2. The van der Waals surface area contributed by atoms with E-state index >= 15 is 4.39 Å². The van der Waals surface area contributed by atoms with Crippen molar-refractivity contribution >= 4 is 39.9 Å². The van der Waals surface area contributed by atoms with Crippen LogP contribution in [0.15, 0.2) is 65.6 Å². The number of likely N-dealkylation sites (tertiary alicyclic amines) is 1. The lowest BCUT2D eigenvalue weighted by atomic mass is 9.93. The number of aryl methyl sites for hydroxylation is 1. The molecule has 3 aromatic carbocycles. The average molecular weight is 741 g/mol. The summed E-state index contributed by atoms with van der Waals surface area (Å²) in [6.07, 6.45) is 5.46. The molecule has 54 heavy (non-hydrogen) atoms. The quantitative estimate of drug-likeness (QED) is 0.229. The highest BCUT2D eigenvalue weighted by atomic mass is 19.1. The second-order valence-corrected chi connectivity index (χ2v) is 14.7. The van der Waals surface area contributed by atoms with Gasteiger partial charge in [-0.05, 0) is 97.7 Å². The van der Waals surface area contributed by atoms with Crippen molar-refractivity contribution in [2.24, 2.45) is 13.0 Å². The molecule has 4 heterocycles. The first-order valence-electron chi connectivity index (χ1n) is 18.6. The maximum absolute atomic E-state index is 15.8. The molecule has 11 nitrogen and oxygen atoms in total. The molecule has 0 bridgehead atoms. The molecule has 3 saturated heterocycles. The van der Waals surface area contributed by atoms with Gasteiger partial charge in [0, 0.05) is 99.3 Å². The zero-order valence-corrected chi connectivity index (χ0v) is 30.9. The van der Waals surface area contributed by atoms with Crippen LogP contribution in [-0.4, -0.2) is 84.5 Å². The lowest BCUT2D eigenvalue weighted by Crippen LogP contribution is -2.48. The second-order valence-electron chi connectivity index (χ2n) is 14.7. The van der Waals surface area contributed by atoms with Gasteiger partial charge in [-0.1, -0.05) is 0 Å². The molecule has 3 fully saturated rings. The van der Waals surface area contributed by atoms with Gasteiger partial charge in [0.15, 0.2) is 0 Å². The summed E-state index contributed by atoms with van der Waals surface area (Å²) in [5.41, 5.74) is 3.07. The molecule has 0 aliphatic carbocycles. The molecule has 2 N–H and O–H groups in total. The van der Waals surface area contributed by atoms with E-state index in [1.54, 1.807) is 19.3 Å². The van der Waals surface area contributed by atoms with Gasteiger partial charge in [-0.15, -0.1) is 0 Å². The highest BCUT2D eigenvalue weighted by Crippen LogP contribution is 2.35. The Morgan fingerprint density at radius 1 is 0.926 bits per heavy atom. The maximum Gasteiger partial charge on any atom is 0.258 e. The number of pyridine rings is 1. The molecule has 0 saturated carbocycles. The number of carbonyl (C=O) groups excluding carboxylic acids is 3. The Morgan fingerprint density at radius 3 is 2.33 bits per heavy atom. The second kappa shape index (κ2) is 15.6. The molecule has 7 rings (SSSR count). The first-order valence-corrected chi connectivity index (χ1v) is 18.6. The summed E-state index contributed by atoms with van der Waals surface area (Å²) >= 11 is 0. The molecule has 1 atom stereocenters. The van der Waals surface area contributed by atoms with Gasteiger partial charge in [0.1, 0.15) is 23.4 Å². The number of rotatable bonds is 9. The first kappa shape index (κ1) is 37.0. The van der Waals surface area contributed by atoms with Crippen molar-refractivity contribution < 1.29 is 27.9 Å². The molecule has 0 radical (unpaired) electrons. The number of nitrogens with zero attached hydrogens (tertiary/aromatic N) is 4. The van der Waals surface area contributed by atoms with Crippen LogP contribution in [0, 0.1) is 17.6 Å². The number of nitrogens with one attached hydrogen (secondary N) is 2. The minimum Gasteiger partial charge on any atom is -0.496 e. The number of hydrogen-bond donors (Lipinski definition) is 2. The predicted molar refractivity (Wildman–Crippen MR) is 203 cm³/mol. The van der Waals surface area contributed by atoms with Gasteiger partial charge in [0.2, 0.25) is 17.7 Å². The van der Waals surface area contributed by atoms with Crippen molar-refractivity contribution in [1.29, 1.82) is 0 Å². The van der Waals surface area contributed by atoms with Crippen LogP contribution in [0.5, 0.6) is 5.75 Å². The van der Waals surface area contributed by atoms with E-state index in [0.717, 1.165) is 50.1 Å². The summed E-state index contributed by atoms with van der Waals surface area (Å²) < 4.78 is 37.2. The Labute approximate surface area is 312 Å². The fourth-order valence-electron chi connectivity index (χ4n) is 8.11. The predicted octanol–water partition coefficient (Wildman–Crippen LogP) is 5.05. The number of fused-ring (bicyclic) bond motifs is 1. The van der Waals surface area contributed by atoms with Crippen LogP contribution in [0.2, 0.25) is 0 Å². The van der Waals surface area contributed by atoms with Crippen molar-refractivity contribution in [2.75, 3.05) is 50.6 Å². The van der Waals surface area contributed by atoms with Crippen molar-refractivity contribution in [3.05, 3.63) is 88.3 Å². The van der Waals surface area contributed by atoms with Crippen LogP contribution < -0.4 is 25.8 Å². The summed E-state index contributed by atoms with van der Waals surface area (Å²) in [6, 6.07) is 14.7. The molecule has 4 aromatic rings. The van der Waals surface area contributed by atoms with Gasteiger partial charge in [-0.2, -0.15) is 0 Å². The van der Waals surface area contributed by atoms with Gasteiger partial charge in [0.05, 0.1) is 7.11 Å². The minimum absolute atomic E-state index is 0.0461. The number of halogens is 2. The molecule has 0 spiro atoms. The van der Waals surface area contributed by atoms with Crippen molar-refractivity contribution in [3.8, 4) is 16.9 Å². The maximum atomic E-state index is 15.8. The smallest absolute Gasteiger partial charge is 0.258 e.